The van der Waals surface area contributed by atoms with Gasteiger partial charge in [0.15, 0.2) is 6.10 Å². The van der Waals surface area contributed by atoms with Gasteiger partial charge < -0.3 is 14.7 Å². The Labute approximate surface area is 111 Å². The van der Waals surface area contributed by atoms with E-state index in [0.717, 1.165) is 5.56 Å². The van der Waals surface area contributed by atoms with Crippen molar-refractivity contribution in [2.24, 2.45) is 0 Å². The van der Waals surface area contributed by atoms with E-state index in [1.807, 2.05) is 18.2 Å². The second kappa shape index (κ2) is 5.84. The lowest BCUT2D eigenvalue weighted by atomic mass is 10.1. The van der Waals surface area contributed by atoms with E-state index in [4.69, 9.17) is 9.84 Å². The van der Waals surface area contributed by atoms with Gasteiger partial charge in [0.1, 0.15) is 6.04 Å². The van der Waals surface area contributed by atoms with Crippen molar-refractivity contribution in [3.8, 4) is 0 Å². The quantitative estimate of drug-likeness (QED) is 0.892. The second-order valence-electron chi connectivity index (χ2n) is 4.55. The molecule has 5 nitrogen and oxygen atoms in total. The summed E-state index contributed by atoms with van der Waals surface area (Å²) < 4.78 is 5.25. The molecule has 1 heterocycles. The van der Waals surface area contributed by atoms with Gasteiger partial charge in [0, 0.05) is 13.7 Å². The number of hydrogen-bond acceptors (Lipinski definition) is 3. The summed E-state index contributed by atoms with van der Waals surface area (Å²) >= 11 is 0. The smallest absolute Gasteiger partial charge is 0.326 e. The number of carbonyl (C=O) groups excluding carboxylic acids is 1. The maximum atomic E-state index is 12.4. The third kappa shape index (κ3) is 2.76. The minimum atomic E-state index is -0.950. The van der Waals surface area contributed by atoms with Crippen molar-refractivity contribution in [3.63, 3.8) is 0 Å². The number of carboxylic acids is 1. The lowest BCUT2D eigenvalue weighted by molar-refractivity contribution is -0.153. The summed E-state index contributed by atoms with van der Waals surface area (Å²) in [7, 11) is 1.46. The van der Waals surface area contributed by atoms with Crippen LogP contribution in [0.1, 0.15) is 24.5 Å². The van der Waals surface area contributed by atoms with E-state index < -0.39 is 18.1 Å². The first-order valence-electron chi connectivity index (χ1n) is 6.26. The molecule has 1 aromatic rings. The number of rotatable bonds is 4. The monoisotopic (exact) mass is 263 g/mol. The lowest BCUT2D eigenvalue weighted by Gasteiger charge is -2.26. The zero-order valence-corrected chi connectivity index (χ0v) is 10.8. The van der Waals surface area contributed by atoms with Gasteiger partial charge >= 0.3 is 5.97 Å². The van der Waals surface area contributed by atoms with E-state index in [-0.39, 0.29) is 5.91 Å². The first kappa shape index (κ1) is 13.5. The average molecular weight is 263 g/mol. The van der Waals surface area contributed by atoms with E-state index >= 15 is 0 Å². The van der Waals surface area contributed by atoms with Crippen LogP contribution in [0.25, 0.3) is 0 Å². The molecule has 0 unspecified atom stereocenters. The minimum Gasteiger partial charge on any atom is -0.480 e. The molecule has 0 radical (unpaired) electrons. The fourth-order valence-electron chi connectivity index (χ4n) is 2.45. The molecule has 0 aliphatic carbocycles. The highest BCUT2D eigenvalue weighted by molar-refractivity contribution is 5.87. The maximum Gasteiger partial charge on any atom is 0.326 e. The Morgan fingerprint density at radius 1 is 1.37 bits per heavy atom. The van der Waals surface area contributed by atoms with Crippen LogP contribution < -0.4 is 0 Å². The fourth-order valence-corrected chi connectivity index (χ4v) is 2.45. The SMILES string of the molecule is CO[C@H](C(=O)N1CCC[C@H]1C(=O)O)c1ccccc1. The van der Waals surface area contributed by atoms with Gasteiger partial charge in [0.05, 0.1) is 0 Å². The van der Waals surface area contributed by atoms with Crippen LogP contribution in [0.3, 0.4) is 0 Å². The number of methoxy groups -OCH3 is 1. The molecule has 0 saturated carbocycles. The topological polar surface area (TPSA) is 66.8 Å². The highest BCUT2D eigenvalue weighted by Crippen LogP contribution is 2.25. The van der Waals surface area contributed by atoms with E-state index in [9.17, 15) is 9.59 Å². The first-order chi connectivity index (χ1) is 9.15. The van der Waals surface area contributed by atoms with Crippen LogP contribution in [0, 0.1) is 0 Å². The van der Waals surface area contributed by atoms with Crippen LogP contribution in [0.2, 0.25) is 0 Å². The molecule has 0 spiro atoms. The van der Waals surface area contributed by atoms with Crippen LogP contribution in [0.4, 0.5) is 0 Å². The van der Waals surface area contributed by atoms with Gasteiger partial charge in [-0.2, -0.15) is 0 Å². The molecular formula is C14H17NO4. The Balaban J connectivity index is 2.19. The Bertz CT molecular complexity index is 460. The van der Waals surface area contributed by atoms with Crippen LogP contribution in [0.5, 0.6) is 0 Å². The van der Waals surface area contributed by atoms with Gasteiger partial charge in [0.2, 0.25) is 0 Å². The van der Waals surface area contributed by atoms with Gasteiger partial charge in [-0.1, -0.05) is 30.3 Å². The van der Waals surface area contributed by atoms with Crippen LogP contribution in [0.15, 0.2) is 30.3 Å². The number of carboxylic acid groups (broad SMARTS) is 1. The average Bonchev–Trinajstić information content (AvgIpc) is 2.90. The van der Waals surface area contributed by atoms with Gasteiger partial charge in [-0.3, -0.25) is 4.79 Å². The first-order valence-corrected chi connectivity index (χ1v) is 6.26. The summed E-state index contributed by atoms with van der Waals surface area (Å²) in [6.45, 7) is 0.475. The maximum absolute atomic E-state index is 12.4. The molecule has 1 fully saturated rings. The Morgan fingerprint density at radius 2 is 2.05 bits per heavy atom. The number of aliphatic carboxylic acids is 1. The minimum absolute atomic E-state index is 0.279. The number of hydrogen-bond donors (Lipinski definition) is 1. The number of amides is 1. The molecule has 1 N–H and O–H groups in total. The predicted octanol–water partition coefficient (Wildman–Crippen LogP) is 1.45. The third-order valence-electron chi connectivity index (χ3n) is 3.38. The molecule has 19 heavy (non-hydrogen) atoms. The zero-order valence-electron chi connectivity index (χ0n) is 10.8. The largest absolute Gasteiger partial charge is 0.480 e. The summed E-state index contributed by atoms with van der Waals surface area (Å²) in [5.41, 5.74) is 0.742. The zero-order chi connectivity index (χ0) is 13.8. The van der Waals surface area contributed by atoms with Crippen molar-refractivity contribution in [2.45, 2.75) is 25.0 Å². The number of likely N-dealkylation sites (tertiary alicyclic amines) is 1. The summed E-state index contributed by atoms with van der Waals surface area (Å²) in [4.78, 5) is 25.0. The highest BCUT2D eigenvalue weighted by atomic mass is 16.5. The molecule has 1 amide bonds. The van der Waals surface area contributed by atoms with Crippen molar-refractivity contribution in [1.82, 2.24) is 4.90 Å². The Morgan fingerprint density at radius 3 is 2.63 bits per heavy atom. The van der Waals surface area contributed by atoms with E-state index in [1.54, 1.807) is 12.1 Å². The molecule has 0 aromatic heterocycles. The number of nitrogens with zero attached hydrogens (tertiary/aromatic N) is 1. The third-order valence-corrected chi connectivity index (χ3v) is 3.38. The molecule has 2 atom stereocenters. The molecule has 102 valence electrons. The molecule has 1 aliphatic heterocycles. The van der Waals surface area contributed by atoms with E-state index in [0.29, 0.717) is 19.4 Å². The Hall–Kier alpha value is -1.88. The summed E-state index contributed by atoms with van der Waals surface area (Å²) in [5, 5.41) is 9.12. The lowest BCUT2D eigenvalue weighted by Crippen LogP contribution is -2.43. The van der Waals surface area contributed by atoms with Crippen molar-refractivity contribution < 1.29 is 19.4 Å². The standard InChI is InChI=1S/C14H17NO4/c1-19-12(10-6-3-2-4-7-10)13(16)15-9-5-8-11(15)14(17)18/h2-4,6-7,11-12H,5,8-9H2,1H3,(H,17,18)/t11-,12-/m0/s1. The molecule has 1 aromatic carbocycles. The van der Waals surface area contributed by atoms with Crippen molar-refractivity contribution in [3.05, 3.63) is 35.9 Å². The molecule has 1 aliphatic rings. The molecule has 5 heteroatoms. The van der Waals surface area contributed by atoms with Crippen molar-refractivity contribution >= 4 is 11.9 Å². The van der Waals surface area contributed by atoms with Gasteiger partial charge in [-0.15, -0.1) is 0 Å². The van der Waals surface area contributed by atoms with E-state index in [1.165, 1.54) is 12.0 Å². The summed E-state index contributed by atoms with van der Waals surface area (Å²) in [5.74, 6) is -1.23. The van der Waals surface area contributed by atoms with Crippen LogP contribution >= 0.6 is 0 Å². The molecule has 1 saturated heterocycles. The van der Waals surface area contributed by atoms with Gasteiger partial charge in [0.25, 0.3) is 5.91 Å². The Kier molecular flexibility index (Phi) is 4.16. The fraction of sp³-hybridized carbons (Fsp3) is 0.429. The van der Waals surface area contributed by atoms with Crippen LogP contribution in [-0.2, 0) is 14.3 Å². The van der Waals surface area contributed by atoms with Crippen molar-refractivity contribution in [2.75, 3.05) is 13.7 Å². The number of benzene rings is 1. The normalized spacial score (nSPS) is 20.3. The predicted molar refractivity (Wildman–Crippen MR) is 68.6 cm³/mol. The molecule has 0 bridgehead atoms. The molecular weight excluding hydrogens is 246 g/mol. The number of ether oxygens (including phenoxy) is 1. The van der Waals surface area contributed by atoms with Crippen molar-refractivity contribution in [1.29, 1.82) is 0 Å². The van der Waals surface area contributed by atoms with Crippen LogP contribution in [-0.4, -0.2) is 41.6 Å². The highest BCUT2D eigenvalue weighted by Gasteiger charge is 2.37. The molecule has 2 rings (SSSR count). The van der Waals surface area contributed by atoms with E-state index in [2.05, 4.69) is 0 Å². The van der Waals surface area contributed by atoms with Gasteiger partial charge in [-0.25, -0.2) is 4.79 Å². The second-order valence-corrected chi connectivity index (χ2v) is 4.55. The van der Waals surface area contributed by atoms with Gasteiger partial charge in [-0.05, 0) is 18.4 Å². The summed E-state index contributed by atoms with van der Waals surface area (Å²) in [6, 6.07) is 8.39. The summed E-state index contributed by atoms with van der Waals surface area (Å²) in [6.07, 6.45) is 0.487. The number of carbonyl (C=O) groups is 2.